The number of nitro benzene ring substituents is 1. The highest BCUT2D eigenvalue weighted by atomic mass is 35.5. The average Bonchev–Trinajstić information content (AvgIpc) is 2.55. The standard InChI is InChI=1S/C16H13ClN4O2/c17-16-19-14-4-2-1-3-13(14)15(20-16)18-10-9-11-5-7-12(8-6-11)21(22)23/h1-8H,9-10H2,(H,18,19,20). The van der Waals surface area contributed by atoms with Gasteiger partial charge in [0.1, 0.15) is 5.82 Å². The van der Waals surface area contributed by atoms with E-state index in [-0.39, 0.29) is 11.0 Å². The lowest BCUT2D eigenvalue weighted by molar-refractivity contribution is -0.384. The van der Waals surface area contributed by atoms with Gasteiger partial charge in [0, 0.05) is 24.1 Å². The molecule has 0 aliphatic heterocycles. The van der Waals surface area contributed by atoms with E-state index in [4.69, 9.17) is 11.6 Å². The van der Waals surface area contributed by atoms with E-state index in [9.17, 15) is 10.1 Å². The lowest BCUT2D eigenvalue weighted by Crippen LogP contribution is -2.07. The number of rotatable bonds is 5. The normalized spacial score (nSPS) is 10.7. The summed E-state index contributed by atoms with van der Waals surface area (Å²) in [6, 6.07) is 14.1. The number of anilines is 1. The zero-order valence-electron chi connectivity index (χ0n) is 12.1. The molecule has 0 saturated carbocycles. The van der Waals surface area contributed by atoms with Gasteiger partial charge in [0.25, 0.3) is 5.69 Å². The van der Waals surface area contributed by atoms with Crippen LogP contribution < -0.4 is 5.32 Å². The number of aromatic nitrogens is 2. The molecule has 3 aromatic rings. The molecule has 0 aliphatic carbocycles. The molecule has 0 fully saturated rings. The van der Waals surface area contributed by atoms with Crippen molar-refractivity contribution in [2.45, 2.75) is 6.42 Å². The molecule has 0 spiro atoms. The highest BCUT2D eigenvalue weighted by Gasteiger charge is 2.07. The molecule has 0 unspecified atom stereocenters. The van der Waals surface area contributed by atoms with Crippen LogP contribution in [0.2, 0.25) is 5.28 Å². The zero-order valence-corrected chi connectivity index (χ0v) is 12.8. The van der Waals surface area contributed by atoms with Gasteiger partial charge in [-0.3, -0.25) is 10.1 Å². The van der Waals surface area contributed by atoms with Crippen LogP contribution in [0.25, 0.3) is 10.9 Å². The zero-order chi connectivity index (χ0) is 16.2. The summed E-state index contributed by atoms with van der Waals surface area (Å²) in [5, 5.41) is 15.0. The topological polar surface area (TPSA) is 81.0 Å². The van der Waals surface area contributed by atoms with Crippen molar-refractivity contribution in [3.05, 3.63) is 69.5 Å². The molecule has 0 bridgehead atoms. The number of nitrogens with one attached hydrogen (secondary N) is 1. The van der Waals surface area contributed by atoms with Gasteiger partial charge in [-0.25, -0.2) is 9.97 Å². The van der Waals surface area contributed by atoms with Crippen LogP contribution in [0, 0.1) is 10.1 Å². The minimum atomic E-state index is -0.406. The Morgan fingerprint density at radius 1 is 1.09 bits per heavy atom. The fourth-order valence-corrected chi connectivity index (χ4v) is 2.47. The summed E-state index contributed by atoms with van der Waals surface area (Å²) >= 11 is 5.94. The number of fused-ring (bicyclic) bond motifs is 1. The Labute approximate surface area is 137 Å². The van der Waals surface area contributed by atoms with Crippen LogP contribution in [0.5, 0.6) is 0 Å². The van der Waals surface area contributed by atoms with Gasteiger partial charge < -0.3 is 5.32 Å². The van der Waals surface area contributed by atoms with Crippen molar-refractivity contribution in [3.8, 4) is 0 Å². The number of halogens is 1. The lowest BCUT2D eigenvalue weighted by atomic mass is 10.1. The Balaban J connectivity index is 1.70. The molecule has 1 heterocycles. The van der Waals surface area contributed by atoms with Gasteiger partial charge in [0.2, 0.25) is 5.28 Å². The fraction of sp³-hybridized carbons (Fsp3) is 0.125. The summed E-state index contributed by atoms with van der Waals surface area (Å²) in [6.45, 7) is 0.634. The van der Waals surface area contributed by atoms with E-state index in [0.29, 0.717) is 18.8 Å². The maximum absolute atomic E-state index is 10.6. The first kappa shape index (κ1) is 15.2. The Hall–Kier alpha value is -2.73. The maximum atomic E-state index is 10.6. The summed E-state index contributed by atoms with van der Waals surface area (Å²) in [6.07, 6.45) is 0.716. The third-order valence-electron chi connectivity index (χ3n) is 3.43. The summed E-state index contributed by atoms with van der Waals surface area (Å²) < 4.78 is 0. The van der Waals surface area contributed by atoms with Crippen LogP contribution in [-0.2, 0) is 6.42 Å². The summed E-state index contributed by atoms with van der Waals surface area (Å²) in [5.41, 5.74) is 1.88. The maximum Gasteiger partial charge on any atom is 0.269 e. The molecule has 0 radical (unpaired) electrons. The number of nitrogens with zero attached hydrogens (tertiary/aromatic N) is 3. The Morgan fingerprint density at radius 3 is 2.57 bits per heavy atom. The van der Waals surface area contributed by atoms with Crippen molar-refractivity contribution in [1.29, 1.82) is 0 Å². The number of non-ortho nitro benzene ring substituents is 1. The summed E-state index contributed by atoms with van der Waals surface area (Å²) in [7, 11) is 0. The van der Waals surface area contributed by atoms with Gasteiger partial charge in [-0.05, 0) is 35.7 Å². The van der Waals surface area contributed by atoms with Crippen molar-refractivity contribution in [2.24, 2.45) is 0 Å². The molecule has 23 heavy (non-hydrogen) atoms. The largest absolute Gasteiger partial charge is 0.369 e. The first-order chi connectivity index (χ1) is 11.1. The minimum absolute atomic E-state index is 0.0929. The Kier molecular flexibility index (Phi) is 4.34. The molecule has 7 heteroatoms. The molecule has 1 aromatic heterocycles. The van der Waals surface area contributed by atoms with Gasteiger partial charge in [0.05, 0.1) is 10.4 Å². The van der Waals surface area contributed by atoms with Crippen LogP contribution in [0.1, 0.15) is 5.56 Å². The predicted molar refractivity (Wildman–Crippen MR) is 89.8 cm³/mol. The van der Waals surface area contributed by atoms with E-state index in [0.717, 1.165) is 16.5 Å². The molecule has 0 saturated heterocycles. The quantitative estimate of drug-likeness (QED) is 0.437. The Morgan fingerprint density at radius 2 is 1.83 bits per heavy atom. The molecular weight excluding hydrogens is 316 g/mol. The number of hydrogen-bond acceptors (Lipinski definition) is 5. The van der Waals surface area contributed by atoms with Crippen LogP contribution in [-0.4, -0.2) is 21.4 Å². The fourth-order valence-electron chi connectivity index (χ4n) is 2.29. The van der Waals surface area contributed by atoms with Crippen LogP contribution in [0.3, 0.4) is 0 Å². The van der Waals surface area contributed by atoms with Gasteiger partial charge in [-0.2, -0.15) is 0 Å². The SMILES string of the molecule is O=[N+]([O-])c1ccc(CCNc2nc(Cl)nc3ccccc23)cc1. The van der Waals surface area contributed by atoms with Crippen molar-refractivity contribution >= 4 is 34.0 Å². The van der Waals surface area contributed by atoms with Crippen molar-refractivity contribution < 1.29 is 4.92 Å². The highest BCUT2D eigenvalue weighted by Crippen LogP contribution is 2.21. The van der Waals surface area contributed by atoms with Crippen LogP contribution >= 0.6 is 11.6 Å². The molecule has 0 aliphatic rings. The summed E-state index contributed by atoms with van der Waals surface area (Å²) in [5.74, 6) is 0.683. The summed E-state index contributed by atoms with van der Waals surface area (Å²) in [4.78, 5) is 18.6. The molecule has 2 aromatic carbocycles. The molecule has 0 atom stereocenters. The molecule has 1 N–H and O–H groups in total. The molecule has 6 nitrogen and oxygen atoms in total. The van der Waals surface area contributed by atoms with Crippen molar-refractivity contribution in [1.82, 2.24) is 9.97 Å². The smallest absolute Gasteiger partial charge is 0.269 e. The van der Waals surface area contributed by atoms with E-state index in [1.54, 1.807) is 12.1 Å². The van der Waals surface area contributed by atoms with Gasteiger partial charge in [-0.1, -0.05) is 24.3 Å². The second-order valence-corrected chi connectivity index (χ2v) is 5.30. The number of hydrogen-bond donors (Lipinski definition) is 1. The third-order valence-corrected chi connectivity index (χ3v) is 3.60. The number of nitro groups is 1. The van der Waals surface area contributed by atoms with Gasteiger partial charge in [0.15, 0.2) is 0 Å². The van der Waals surface area contributed by atoms with Crippen molar-refractivity contribution in [3.63, 3.8) is 0 Å². The third kappa shape index (κ3) is 3.54. The minimum Gasteiger partial charge on any atom is -0.369 e. The van der Waals surface area contributed by atoms with Crippen LogP contribution in [0.15, 0.2) is 48.5 Å². The van der Waals surface area contributed by atoms with Gasteiger partial charge in [-0.15, -0.1) is 0 Å². The van der Waals surface area contributed by atoms with E-state index in [1.165, 1.54) is 12.1 Å². The molecule has 0 amide bonds. The second-order valence-electron chi connectivity index (χ2n) is 4.96. The highest BCUT2D eigenvalue weighted by molar-refractivity contribution is 6.28. The molecule has 3 rings (SSSR count). The van der Waals surface area contributed by atoms with E-state index >= 15 is 0 Å². The van der Waals surface area contributed by atoms with Crippen LogP contribution in [0.4, 0.5) is 11.5 Å². The Bertz CT molecular complexity index is 852. The molecule has 116 valence electrons. The van der Waals surface area contributed by atoms with Gasteiger partial charge >= 0.3 is 0 Å². The van der Waals surface area contributed by atoms with E-state index in [1.807, 2.05) is 24.3 Å². The predicted octanol–water partition coefficient (Wildman–Crippen LogP) is 3.85. The van der Waals surface area contributed by atoms with Crippen molar-refractivity contribution in [2.75, 3.05) is 11.9 Å². The average molecular weight is 329 g/mol. The number of benzene rings is 2. The monoisotopic (exact) mass is 328 g/mol. The first-order valence-electron chi connectivity index (χ1n) is 7.03. The second kappa shape index (κ2) is 6.58. The van der Waals surface area contributed by atoms with E-state index < -0.39 is 4.92 Å². The molecular formula is C16H13ClN4O2. The first-order valence-corrected chi connectivity index (χ1v) is 7.41. The number of para-hydroxylation sites is 1. The lowest BCUT2D eigenvalue weighted by Gasteiger charge is -2.09. The van der Waals surface area contributed by atoms with E-state index in [2.05, 4.69) is 15.3 Å².